The van der Waals surface area contributed by atoms with Crippen molar-refractivity contribution in [1.82, 2.24) is 9.29 Å². The molecule has 0 spiro atoms. The highest BCUT2D eigenvalue weighted by atomic mass is 32.2. The zero-order valence-electron chi connectivity index (χ0n) is 17.2. The Balaban J connectivity index is 1.72. The van der Waals surface area contributed by atoms with Crippen LogP contribution in [0.15, 0.2) is 58.2 Å². The van der Waals surface area contributed by atoms with Gasteiger partial charge in [0.2, 0.25) is 10.0 Å². The van der Waals surface area contributed by atoms with E-state index in [0.29, 0.717) is 12.2 Å². The number of rotatable bonds is 6. The number of nitrogens with zero attached hydrogens (tertiary/aromatic N) is 1. The first-order valence-electron chi connectivity index (χ1n) is 10.1. The van der Waals surface area contributed by atoms with Crippen LogP contribution in [-0.4, -0.2) is 37.0 Å². The smallest absolute Gasteiger partial charge is 0.252 e. The number of H-pyrrole nitrogens is 1. The molecule has 30 heavy (non-hydrogen) atoms. The van der Waals surface area contributed by atoms with Gasteiger partial charge in [-0.3, -0.25) is 4.79 Å². The van der Waals surface area contributed by atoms with E-state index in [2.05, 4.69) is 4.98 Å². The highest BCUT2D eigenvalue weighted by Gasteiger charge is 2.30. The van der Waals surface area contributed by atoms with Crippen LogP contribution in [0.25, 0.3) is 10.9 Å². The van der Waals surface area contributed by atoms with Crippen molar-refractivity contribution in [3.63, 3.8) is 0 Å². The molecule has 2 aromatic carbocycles. The van der Waals surface area contributed by atoms with Crippen molar-refractivity contribution < 1.29 is 13.2 Å². The average molecular weight is 427 g/mol. The van der Waals surface area contributed by atoms with Crippen molar-refractivity contribution in [2.24, 2.45) is 0 Å². The number of hydrogen-bond acceptors (Lipinski definition) is 4. The fourth-order valence-electron chi connectivity index (χ4n) is 3.80. The van der Waals surface area contributed by atoms with Crippen LogP contribution in [-0.2, 0) is 21.3 Å². The van der Waals surface area contributed by atoms with E-state index in [9.17, 15) is 13.2 Å². The lowest BCUT2D eigenvalue weighted by Gasteiger charge is -2.25. The van der Waals surface area contributed by atoms with E-state index in [1.807, 2.05) is 32.0 Å². The largest absolute Gasteiger partial charge is 0.377 e. The number of aryl methyl sites for hydroxylation is 2. The highest BCUT2D eigenvalue weighted by Crippen LogP contribution is 2.23. The molecule has 0 amide bonds. The molecule has 1 N–H and O–H groups in total. The zero-order valence-corrected chi connectivity index (χ0v) is 18.0. The second kappa shape index (κ2) is 8.34. The average Bonchev–Trinajstić information content (AvgIpc) is 3.22. The van der Waals surface area contributed by atoms with Crippen LogP contribution in [0.4, 0.5) is 0 Å². The van der Waals surface area contributed by atoms with E-state index in [4.69, 9.17) is 4.74 Å². The molecular formula is C23H26N2O4S. The summed E-state index contributed by atoms with van der Waals surface area (Å²) < 4.78 is 33.9. The summed E-state index contributed by atoms with van der Waals surface area (Å²) in [4.78, 5) is 15.8. The first kappa shape index (κ1) is 20.8. The Morgan fingerprint density at radius 2 is 1.80 bits per heavy atom. The zero-order chi connectivity index (χ0) is 21.3. The second-order valence-electron chi connectivity index (χ2n) is 7.96. The maximum Gasteiger partial charge on any atom is 0.252 e. The summed E-state index contributed by atoms with van der Waals surface area (Å²) in [5, 5.41) is 0.884. The quantitative estimate of drug-likeness (QED) is 0.654. The molecule has 2 heterocycles. The molecule has 1 aromatic heterocycles. The fraction of sp³-hybridized carbons (Fsp3) is 0.348. The topological polar surface area (TPSA) is 79.5 Å². The van der Waals surface area contributed by atoms with Gasteiger partial charge in [-0.15, -0.1) is 0 Å². The summed E-state index contributed by atoms with van der Waals surface area (Å²) in [7, 11) is -3.78. The first-order valence-corrected chi connectivity index (χ1v) is 11.6. The summed E-state index contributed by atoms with van der Waals surface area (Å²) in [5.74, 6) is 0. The van der Waals surface area contributed by atoms with Gasteiger partial charge in [0.25, 0.3) is 5.56 Å². The van der Waals surface area contributed by atoms with Crippen LogP contribution in [0, 0.1) is 13.8 Å². The van der Waals surface area contributed by atoms with Crippen LogP contribution >= 0.6 is 0 Å². The Kier molecular flexibility index (Phi) is 5.77. The minimum absolute atomic E-state index is 0.00468. The van der Waals surface area contributed by atoms with Gasteiger partial charge in [0, 0.05) is 30.8 Å². The van der Waals surface area contributed by atoms with Crippen molar-refractivity contribution in [3.05, 3.63) is 75.6 Å². The van der Waals surface area contributed by atoms with Crippen molar-refractivity contribution in [3.8, 4) is 0 Å². The van der Waals surface area contributed by atoms with Gasteiger partial charge in [-0.2, -0.15) is 4.31 Å². The molecule has 1 unspecified atom stereocenters. The summed E-state index contributed by atoms with van der Waals surface area (Å²) in [6.07, 6.45) is 1.57. The Labute approximate surface area is 176 Å². The molecule has 1 atom stereocenters. The van der Waals surface area contributed by atoms with E-state index in [0.717, 1.165) is 34.9 Å². The molecule has 0 bridgehead atoms. The van der Waals surface area contributed by atoms with E-state index in [-0.39, 0.29) is 29.6 Å². The van der Waals surface area contributed by atoms with Crippen LogP contribution < -0.4 is 5.56 Å². The Hall–Kier alpha value is -2.48. The van der Waals surface area contributed by atoms with E-state index < -0.39 is 10.0 Å². The molecule has 4 rings (SSSR count). The molecule has 1 aliphatic heterocycles. The number of pyridine rings is 1. The number of ether oxygens (including phenoxy) is 1. The maximum atomic E-state index is 13.4. The lowest BCUT2D eigenvalue weighted by Crippen LogP contribution is -2.38. The number of benzene rings is 2. The van der Waals surface area contributed by atoms with Gasteiger partial charge >= 0.3 is 0 Å². The molecule has 3 aromatic rings. The van der Waals surface area contributed by atoms with Crippen LogP contribution in [0.2, 0.25) is 0 Å². The normalized spacial score (nSPS) is 17.1. The summed E-state index contributed by atoms with van der Waals surface area (Å²) in [6.45, 7) is 4.75. The van der Waals surface area contributed by atoms with Gasteiger partial charge in [-0.25, -0.2) is 8.42 Å². The standard InChI is InChI=1S/C23H26N2O4S/c1-16-5-8-21(9-6-16)30(27,28)25(15-20-4-3-11-29-20)14-19-13-18-12-17(2)7-10-22(18)24-23(19)26/h5-10,12-13,20H,3-4,11,14-15H2,1-2H3,(H,24,26). The summed E-state index contributed by atoms with van der Waals surface area (Å²) in [6, 6.07) is 14.3. The molecule has 1 fully saturated rings. The Morgan fingerprint density at radius 1 is 1.07 bits per heavy atom. The van der Waals surface area contributed by atoms with Crippen molar-refractivity contribution in [2.75, 3.05) is 13.2 Å². The number of nitrogens with one attached hydrogen (secondary N) is 1. The second-order valence-corrected chi connectivity index (χ2v) is 9.90. The molecule has 6 nitrogen and oxygen atoms in total. The monoisotopic (exact) mass is 426 g/mol. The molecule has 1 saturated heterocycles. The number of sulfonamides is 1. The molecule has 1 aliphatic rings. The van der Waals surface area contributed by atoms with Gasteiger partial charge in [0.05, 0.1) is 11.0 Å². The minimum Gasteiger partial charge on any atom is -0.377 e. The third kappa shape index (κ3) is 4.33. The van der Waals surface area contributed by atoms with E-state index in [1.165, 1.54) is 4.31 Å². The van der Waals surface area contributed by atoms with Gasteiger partial charge in [0.1, 0.15) is 0 Å². The molecule has 0 saturated carbocycles. The molecule has 7 heteroatoms. The van der Waals surface area contributed by atoms with Crippen LogP contribution in [0.3, 0.4) is 0 Å². The van der Waals surface area contributed by atoms with Crippen LogP contribution in [0.5, 0.6) is 0 Å². The molecule has 0 radical (unpaired) electrons. The summed E-state index contributed by atoms with van der Waals surface area (Å²) in [5.41, 5.74) is 2.94. The van der Waals surface area contributed by atoms with Crippen molar-refractivity contribution >= 4 is 20.9 Å². The molecular weight excluding hydrogens is 400 g/mol. The maximum absolute atomic E-state index is 13.4. The molecule has 158 valence electrons. The number of aromatic nitrogens is 1. The van der Waals surface area contributed by atoms with Gasteiger partial charge < -0.3 is 9.72 Å². The lowest BCUT2D eigenvalue weighted by atomic mass is 10.1. The summed E-state index contributed by atoms with van der Waals surface area (Å²) >= 11 is 0. The predicted molar refractivity (Wildman–Crippen MR) is 117 cm³/mol. The Bertz CT molecular complexity index is 1210. The van der Waals surface area contributed by atoms with Gasteiger partial charge in [-0.05, 0) is 62.4 Å². The van der Waals surface area contributed by atoms with Gasteiger partial charge in [-0.1, -0.05) is 29.3 Å². The number of aromatic amines is 1. The predicted octanol–water partition coefficient (Wildman–Crippen LogP) is 3.51. The molecule has 0 aliphatic carbocycles. The fourth-order valence-corrected chi connectivity index (χ4v) is 5.25. The number of fused-ring (bicyclic) bond motifs is 1. The first-order chi connectivity index (χ1) is 14.3. The Morgan fingerprint density at radius 3 is 2.50 bits per heavy atom. The third-order valence-electron chi connectivity index (χ3n) is 5.51. The third-order valence-corrected chi connectivity index (χ3v) is 7.34. The van der Waals surface area contributed by atoms with Crippen molar-refractivity contribution in [2.45, 2.75) is 44.2 Å². The number of hydrogen-bond donors (Lipinski definition) is 1. The van der Waals surface area contributed by atoms with Crippen LogP contribution in [0.1, 0.15) is 29.5 Å². The minimum atomic E-state index is -3.78. The lowest BCUT2D eigenvalue weighted by molar-refractivity contribution is 0.0925. The van der Waals surface area contributed by atoms with Crippen molar-refractivity contribution in [1.29, 1.82) is 0 Å². The van der Waals surface area contributed by atoms with E-state index >= 15 is 0 Å². The SMILES string of the molecule is Cc1ccc(S(=O)(=O)N(Cc2cc3cc(C)ccc3[nH]c2=O)CC2CCCO2)cc1. The van der Waals surface area contributed by atoms with Gasteiger partial charge in [0.15, 0.2) is 0 Å². The highest BCUT2D eigenvalue weighted by molar-refractivity contribution is 7.89. The van der Waals surface area contributed by atoms with E-state index in [1.54, 1.807) is 30.3 Å².